The van der Waals surface area contributed by atoms with E-state index in [4.69, 9.17) is 26.8 Å². The SMILES string of the molecule is C=C/C=C(\C=C(\C)N)C1(Cn2c3c(c4cc(Cl)ccc42)CN(C)CC3)OCCO1. The Kier molecular flexibility index (Phi) is 5.58. The first kappa shape index (κ1) is 20.2. The summed E-state index contributed by atoms with van der Waals surface area (Å²) in [5.74, 6) is -0.891. The molecule has 2 aromatic rings. The number of likely N-dealkylation sites (N-methyl/N-ethyl adjacent to an activating group) is 1. The van der Waals surface area contributed by atoms with Gasteiger partial charge in [-0.15, -0.1) is 0 Å². The number of rotatable bonds is 5. The Hall–Kier alpha value is -2.05. The number of aromatic nitrogens is 1. The molecule has 1 aromatic carbocycles. The Morgan fingerprint density at radius 2 is 2.10 bits per heavy atom. The third-order valence-electron chi connectivity index (χ3n) is 5.65. The second-order valence-electron chi connectivity index (χ2n) is 7.86. The summed E-state index contributed by atoms with van der Waals surface area (Å²) < 4.78 is 14.8. The van der Waals surface area contributed by atoms with Crippen LogP contribution in [-0.4, -0.2) is 42.1 Å². The highest BCUT2D eigenvalue weighted by Gasteiger charge is 2.41. The largest absolute Gasteiger partial charge is 0.402 e. The number of halogens is 1. The number of allylic oxidation sites excluding steroid dienone is 3. The molecule has 1 fully saturated rings. The highest BCUT2D eigenvalue weighted by Crippen LogP contribution is 2.37. The fraction of sp³-hybridized carbons (Fsp3) is 0.391. The molecule has 4 rings (SSSR count). The lowest BCUT2D eigenvalue weighted by atomic mass is 10.0. The van der Waals surface area contributed by atoms with Gasteiger partial charge in [-0.05, 0) is 43.8 Å². The molecule has 1 saturated heterocycles. The lowest BCUT2D eigenvalue weighted by molar-refractivity contribution is -0.133. The van der Waals surface area contributed by atoms with Crippen LogP contribution in [0.3, 0.4) is 0 Å². The molecule has 0 radical (unpaired) electrons. The standard InChI is InChI=1S/C23H28ClN3O2/c1-4-5-17(12-16(2)25)23(28-10-11-29-23)15-27-21-7-6-18(24)13-19(21)20-14-26(3)9-8-22(20)27/h4-7,12-13H,1,8-11,14-15,25H2,2-3H3/b16-12-,17-5+. The van der Waals surface area contributed by atoms with Gasteiger partial charge in [0.05, 0.1) is 19.8 Å². The van der Waals surface area contributed by atoms with E-state index in [1.54, 1.807) is 6.08 Å². The second kappa shape index (κ2) is 8.00. The number of benzene rings is 1. The molecule has 3 heterocycles. The average Bonchev–Trinajstić information content (AvgIpc) is 3.26. The Bertz CT molecular complexity index is 995. The third kappa shape index (κ3) is 3.76. The summed E-state index contributed by atoms with van der Waals surface area (Å²) >= 11 is 6.34. The number of nitrogens with two attached hydrogens (primary N) is 1. The summed E-state index contributed by atoms with van der Waals surface area (Å²) in [6, 6.07) is 6.11. The highest BCUT2D eigenvalue weighted by atomic mass is 35.5. The zero-order valence-corrected chi connectivity index (χ0v) is 17.8. The molecule has 2 aliphatic heterocycles. The Labute approximate surface area is 177 Å². The predicted molar refractivity (Wildman–Crippen MR) is 118 cm³/mol. The minimum absolute atomic E-state index is 0.544. The Morgan fingerprint density at radius 3 is 2.79 bits per heavy atom. The van der Waals surface area contributed by atoms with E-state index in [-0.39, 0.29) is 0 Å². The van der Waals surface area contributed by atoms with Crippen LogP contribution in [0, 0.1) is 0 Å². The van der Waals surface area contributed by atoms with Gasteiger partial charge in [-0.2, -0.15) is 0 Å². The van der Waals surface area contributed by atoms with Gasteiger partial charge in [-0.1, -0.05) is 30.3 Å². The first-order chi connectivity index (χ1) is 13.9. The topological polar surface area (TPSA) is 52.7 Å². The van der Waals surface area contributed by atoms with Crippen LogP contribution in [0.2, 0.25) is 5.02 Å². The van der Waals surface area contributed by atoms with Crippen LogP contribution in [0.5, 0.6) is 0 Å². The lowest BCUT2D eigenvalue weighted by Gasteiger charge is -2.32. The Balaban J connectivity index is 1.87. The molecule has 0 aliphatic carbocycles. The molecule has 2 N–H and O–H groups in total. The van der Waals surface area contributed by atoms with Crippen molar-refractivity contribution in [2.24, 2.45) is 5.73 Å². The van der Waals surface area contributed by atoms with Crippen molar-refractivity contribution in [3.8, 4) is 0 Å². The van der Waals surface area contributed by atoms with Crippen LogP contribution in [0.4, 0.5) is 0 Å². The summed E-state index contributed by atoms with van der Waals surface area (Å²) in [5, 5.41) is 1.95. The third-order valence-corrected chi connectivity index (χ3v) is 5.88. The molecule has 29 heavy (non-hydrogen) atoms. The van der Waals surface area contributed by atoms with E-state index in [2.05, 4.69) is 35.2 Å². The highest BCUT2D eigenvalue weighted by molar-refractivity contribution is 6.31. The zero-order chi connectivity index (χ0) is 20.6. The zero-order valence-electron chi connectivity index (χ0n) is 17.1. The van der Waals surface area contributed by atoms with E-state index < -0.39 is 5.79 Å². The van der Waals surface area contributed by atoms with Gasteiger partial charge < -0.3 is 24.7 Å². The first-order valence-electron chi connectivity index (χ1n) is 9.96. The Morgan fingerprint density at radius 1 is 1.34 bits per heavy atom. The van der Waals surface area contributed by atoms with Crippen LogP contribution >= 0.6 is 11.6 Å². The quantitative estimate of drug-likeness (QED) is 0.753. The summed E-state index contributed by atoms with van der Waals surface area (Å²) in [4.78, 5) is 2.34. The molecule has 1 aromatic heterocycles. The van der Waals surface area contributed by atoms with E-state index in [0.717, 1.165) is 35.6 Å². The minimum Gasteiger partial charge on any atom is -0.402 e. The monoisotopic (exact) mass is 413 g/mol. The van der Waals surface area contributed by atoms with E-state index in [1.165, 1.54) is 16.6 Å². The van der Waals surface area contributed by atoms with Gasteiger partial charge in [0, 0.05) is 52.4 Å². The van der Waals surface area contributed by atoms with Crippen molar-refractivity contribution >= 4 is 22.5 Å². The summed E-state index contributed by atoms with van der Waals surface area (Å²) in [7, 11) is 2.15. The molecule has 154 valence electrons. The molecule has 5 nitrogen and oxygen atoms in total. The number of ether oxygens (including phenoxy) is 2. The maximum absolute atomic E-state index is 6.34. The average molecular weight is 414 g/mol. The van der Waals surface area contributed by atoms with Crippen molar-refractivity contribution in [2.75, 3.05) is 26.8 Å². The maximum atomic E-state index is 6.34. The first-order valence-corrected chi connectivity index (χ1v) is 10.3. The van der Waals surface area contributed by atoms with E-state index in [1.807, 2.05) is 25.1 Å². The minimum atomic E-state index is -0.891. The van der Waals surface area contributed by atoms with Gasteiger partial charge in [0.15, 0.2) is 0 Å². The van der Waals surface area contributed by atoms with E-state index in [9.17, 15) is 0 Å². The molecule has 0 unspecified atom stereocenters. The molecular formula is C23H28ClN3O2. The van der Waals surface area contributed by atoms with Crippen molar-refractivity contribution in [3.05, 3.63) is 70.6 Å². The van der Waals surface area contributed by atoms with Crippen LogP contribution in [0.25, 0.3) is 10.9 Å². The van der Waals surface area contributed by atoms with Crippen molar-refractivity contribution < 1.29 is 9.47 Å². The predicted octanol–water partition coefficient (Wildman–Crippen LogP) is 4.00. The fourth-order valence-electron chi connectivity index (χ4n) is 4.41. The van der Waals surface area contributed by atoms with Gasteiger partial charge in [-0.3, -0.25) is 0 Å². The molecule has 0 amide bonds. The molecular weight excluding hydrogens is 386 g/mol. The van der Waals surface area contributed by atoms with Gasteiger partial charge >= 0.3 is 0 Å². The van der Waals surface area contributed by atoms with E-state index in [0.29, 0.717) is 25.5 Å². The van der Waals surface area contributed by atoms with E-state index >= 15 is 0 Å². The number of hydrogen-bond donors (Lipinski definition) is 1. The fourth-order valence-corrected chi connectivity index (χ4v) is 4.58. The smallest absolute Gasteiger partial charge is 0.213 e. The number of hydrogen-bond acceptors (Lipinski definition) is 4. The molecule has 0 bridgehead atoms. The lowest BCUT2D eigenvalue weighted by Crippen LogP contribution is -2.38. The van der Waals surface area contributed by atoms with Crippen molar-refractivity contribution in [2.45, 2.75) is 32.2 Å². The van der Waals surface area contributed by atoms with Gasteiger partial charge in [0.1, 0.15) is 0 Å². The maximum Gasteiger partial charge on any atom is 0.213 e. The van der Waals surface area contributed by atoms with Crippen LogP contribution < -0.4 is 5.73 Å². The van der Waals surface area contributed by atoms with Crippen LogP contribution in [-0.2, 0) is 29.0 Å². The normalized spacial score (nSPS) is 20.2. The van der Waals surface area contributed by atoms with Crippen molar-refractivity contribution in [3.63, 3.8) is 0 Å². The number of nitrogens with zero attached hydrogens (tertiary/aromatic N) is 2. The number of fused-ring (bicyclic) bond motifs is 3. The molecule has 0 atom stereocenters. The van der Waals surface area contributed by atoms with Gasteiger partial charge in [0.2, 0.25) is 5.79 Å². The summed E-state index contributed by atoms with van der Waals surface area (Å²) in [6.07, 6.45) is 6.56. The molecule has 2 aliphatic rings. The van der Waals surface area contributed by atoms with Crippen LogP contribution in [0.1, 0.15) is 18.2 Å². The van der Waals surface area contributed by atoms with Crippen molar-refractivity contribution in [1.82, 2.24) is 9.47 Å². The molecule has 6 heteroatoms. The van der Waals surface area contributed by atoms with Crippen molar-refractivity contribution in [1.29, 1.82) is 0 Å². The molecule has 0 spiro atoms. The van der Waals surface area contributed by atoms with Crippen LogP contribution in [0.15, 0.2) is 54.3 Å². The second-order valence-corrected chi connectivity index (χ2v) is 8.29. The molecule has 0 saturated carbocycles. The summed E-state index contributed by atoms with van der Waals surface area (Å²) in [6.45, 7) is 9.29. The summed E-state index contributed by atoms with van der Waals surface area (Å²) in [5.41, 5.74) is 11.4. The van der Waals surface area contributed by atoms with Gasteiger partial charge in [-0.25, -0.2) is 0 Å². The van der Waals surface area contributed by atoms with Gasteiger partial charge in [0.25, 0.3) is 0 Å².